The molecule has 1 aromatic rings. The fraction of sp³-hybridized carbons (Fsp3) is 0.538. The highest BCUT2D eigenvalue weighted by atomic mass is 32.2. The molecule has 0 saturated carbocycles. The Morgan fingerprint density at radius 3 is 2.53 bits per heavy atom. The molecule has 2 rings (SSSR count). The van der Waals surface area contributed by atoms with Gasteiger partial charge < -0.3 is 10.6 Å². The first-order chi connectivity index (χ1) is 8.79. The van der Waals surface area contributed by atoms with Crippen LogP contribution >= 0.6 is 0 Å². The third-order valence-electron chi connectivity index (χ3n) is 3.97. The van der Waals surface area contributed by atoms with Crippen molar-refractivity contribution in [3.8, 4) is 0 Å². The smallest absolute Gasteiger partial charge is 0.240 e. The minimum absolute atomic E-state index is 0.120. The average Bonchev–Trinajstić information content (AvgIpc) is 2.32. The van der Waals surface area contributed by atoms with Crippen molar-refractivity contribution < 1.29 is 8.42 Å². The number of anilines is 2. The fourth-order valence-corrected chi connectivity index (χ4v) is 3.29. The molecule has 1 fully saturated rings. The molecule has 19 heavy (non-hydrogen) atoms. The van der Waals surface area contributed by atoms with Gasteiger partial charge in [0.2, 0.25) is 10.0 Å². The van der Waals surface area contributed by atoms with Crippen LogP contribution in [0.2, 0.25) is 0 Å². The van der Waals surface area contributed by atoms with Crippen LogP contribution in [0.4, 0.5) is 11.4 Å². The monoisotopic (exact) mass is 283 g/mol. The van der Waals surface area contributed by atoms with E-state index in [1.54, 1.807) is 12.1 Å². The molecule has 0 amide bonds. The number of hydrogen-bond donors (Lipinski definition) is 2. The van der Waals surface area contributed by atoms with Gasteiger partial charge in [-0.25, -0.2) is 13.6 Å². The molecular formula is C13H21N3O2S. The second-order valence-electron chi connectivity index (χ2n) is 5.46. The topological polar surface area (TPSA) is 89.4 Å². The van der Waals surface area contributed by atoms with Crippen molar-refractivity contribution in [2.24, 2.45) is 17.0 Å². The van der Waals surface area contributed by atoms with E-state index in [-0.39, 0.29) is 4.90 Å². The van der Waals surface area contributed by atoms with Crippen molar-refractivity contribution in [2.45, 2.75) is 25.2 Å². The van der Waals surface area contributed by atoms with Crippen molar-refractivity contribution in [2.75, 3.05) is 23.7 Å². The highest BCUT2D eigenvalue weighted by Gasteiger charge is 2.26. The number of sulfonamides is 1. The van der Waals surface area contributed by atoms with E-state index in [2.05, 4.69) is 18.7 Å². The summed E-state index contributed by atoms with van der Waals surface area (Å²) in [5.41, 5.74) is 6.74. The summed E-state index contributed by atoms with van der Waals surface area (Å²) in [6.07, 6.45) is 1.05. The summed E-state index contributed by atoms with van der Waals surface area (Å²) >= 11 is 0. The third kappa shape index (κ3) is 3.01. The van der Waals surface area contributed by atoms with Gasteiger partial charge in [0.05, 0.1) is 5.69 Å². The minimum Gasteiger partial charge on any atom is -0.399 e. The predicted molar refractivity (Wildman–Crippen MR) is 77.4 cm³/mol. The Labute approximate surface area is 114 Å². The van der Waals surface area contributed by atoms with Crippen LogP contribution in [0.25, 0.3) is 0 Å². The maximum atomic E-state index is 11.7. The second kappa shape index (κ2) is 5.02. The Bertz CT molecular complexity index is 571. The first-order valence-corrected chi connectivity index (χ1v) is 8.01. The summed E-state index contributed by atoms with van der Waals surface area (Å²) in [5.74, 6) is 1.18. The van der Waals surface area contributed by atoms with Crippen LogP contribution in [0.1, 0.15) is 20.3 Å². The Morgan fingerprint density at radius 1 is 1.26 bits per heavy atom. The maximum absolute atomic E-state index is 11.7. The molecule has 5 nitrogen and oxygen atoms in total. The third-order valence-corrected chi connectivity index (χ3v) is 4.91. The normalized spacial score (nSPS) is 24.5. The van der Waals surface area contributed by atoms with Crippen molar-refractivity contribution in [1.29, 1.82) is 0 Å². The van der Waals surface area contributed by atoms with Crippen LogP contribution in [-0.4, -0.2) is 21.5 Å². The lowest BCUT2D eigenvalue weighted by molar-refractivity contribution is 0.323. The average molecular weight is 283 g/mol. The van der Waals surface area contributed by atoms with E-state index < -0.39 is 10.0 Å². The molecular weight excluding hydrogens is 262 g/mol. The SMILES string of the molecule is CC1CCN(c2ccc(N)cc2S(N)(=O)=O)CC1C. The van der Waals surface area contributed by atoms with Gasteiger partial charge in [-0.15, -0.1) is 0 Å². The van der Waals surface area contributed by atoms with Gasteiger partial charge in [0.15, 0.2) is 0 Å². The molecule has 0 aromatic heterocycles. The lowest BCUT2D eigenvalue weighted by Crippen LogP contribution is -2.39. The molecule has 0 aliphatic carbocycles. The summed E-state index contributed by atoms with van der Waals surface area (Å²) in [6.45, 7) is 6.10. The zero-order chi connectivity index (χ0) is 14.2. The first-order valence-electron chi connectivity index (χ1n) is 6.46. The fourth-order valence-electron chi connectivity index (χ4n) is 2.50. The van der Waals surface area contributed by atoms with Crippen molar-refractivity contribution in [1.82, 2.24) is 0 Å². The van der Waals surface area contributed by atoms with Gasteiger partial charge in [0, 0.05) is 18.8 Å². The molecule has 1 heterocycles. The molecule has 1 aromatic carbocycles. The van der Waals surface area contributed by atoms with Gasteiger partial charge in [0.25, 0.3) is 0 Å². The van der Waals surface area contributed by atoms with Crippen LogP contribution in [0.3, 0.4) is 0 Å². The number of nitrogens with two attached hydrogens (primary N) is 2. The predicted octanol–water partition coefficient (Wildman–Crippen LogP) is 1.40. The lowest BCUT2D eigenvalue weighted by Gasteiger charge is -2.37. The van der Waals surface area contributed by atoms with Gasteiger partial charge in [-0.1, -0.05) is 13.8 Å². The van der Waals surface area contributed by atoms with E-state index >= 15 is 0 Å². The van der Waals surface area contributed by atoms with Gasteiger partial charge in [-0.3, -0.25) is 0 Å². The van der Waals surface area contributed by atoms with E-state index in [0.717, 1.165) is 19.5 Å². The zero-order valence-corrected chi connectivity index (χ0v) is 12.2. The summed E-state index contributed by atoms with van der Waals surface area (Å²) < 4.78 is 23.4. The van der Waals surface area contributed by atoms with Crippen LogP contribution in [0.15, 0.2) is 23.1 Å². The number of piperidine rings is 1. The molecule has 6 heteroatoms. The van der Waals surface area contributed by atoms with E-state index in [1.807, 2.05) is 0 Å². The molecule has 2 atom stereocenters. The molecule has 1 aliphatic rings. The van der Waals surface area contributed by atoms with E-state index in [9.17, 15) is 8.42 Å². The van der Waals surface area contributed by atoms with Crippen LogP contribution in [0, 0.1) is 11.8 Å². The van der Waals surface area contributed by atoms with Gasteiger partial charge >= 0.3 is 0 Å². The number of primary sulfonamides is 1. The molecule has 106 valence electrons. The van der Waals surface area contributed by atoms with E-state index in [1.165, 1.54) is 6.07 Å². The zero-order valence-electron chi connectivity index (χ0n) is 11.3. The molecule has 2 unspecified atom stereocenters. The van der Waals surface area contributed by atoms with Crippen molar-refractivity contribution in [3.63, 3.8) is 0 Å². The summed E-state index contributed by atoms with van der Waals surface area (Å²) in [4.78, 5) is 2.21. The quantitative estimate of drug-likeness (QED) is 0.803. The summed E-state index contributed by atoms with van der Waals surface area (Å²) in [5, 5.41) is 5.29. The largest absolute Gasteiger partial charge is 0.399 e. The minimum atomic E-state index is -3.76. The Hall–Kier alpha value is -1.27. The van der Waals surface area contributed by atoms with E-state index in [0.29, 0.717) is 23.2 Å². The molecule has 1 saturated heterocycles. The number of benzene rings is 1. The van der Waals surface area contributed by atoms with Crippen molar-refractivity contribution in [3.05, 3.63) is 18.2 Å². The Morgan fingerprint density at radius 2 is 1.95 bits per heavy atom. The number of hydrogen-bond acceptors (Lipinski definition) is 4. The van der Waals surface area contributed by atoms with Crippen LogP contribution in [-0.2, 0) is 10.0 Å². The molecule has 4 N–H and O–H groups in total. The van der Waals surface area contributed by atoms with Gasteiger partial charge in [-0.2, -0.15) is 0 Å². The summed E-state index contributed by atoms with van der Waals surface area (Å²) in [6, 6.07) is 4.90. The maximum Gasteiger partial charge on any atom is 0.240 e. The number of rotatable bonds is 2. The summed E-state index contributed by atoms with van der Waals surface area (Å²) in [7, 11) is -3.76. The number of nitrogens with zero attached hydrogens (tertiary/aromatic N) is 1. The Balaban J connectivity index is 2.40. The van der Waals surface area contributed by atoms with Crippen LogP contribution in [0.5, 0.6) is 0 Å². The van der Waals surface area contributed by atoms with Gasteiger partial charge in [-0.05, 0) is 36.5 Å². The molecule has 0 spiro atoms. The highest BCUT2D eigenvalue weighted by Crippen LogP contribution is 2.32. The first kappa shape index (κ1) is 14.1. The lowest BCUT2D eigenvalue weighted by atomic mass is 9.88. The standard InChI is InChI=1S/C13H21N3O2S/c1-9-5-6-16(8-10(9)2)12-4-3-11(14)7-13(12)19(15,17)18/h3-4,7,9-10H,5-6,8,14H2,1-2H3,(H2,15,17,18). The molecule has 1 aliphatic heterocycles. The van der Waals surface area contributed by atoms with Crippen LogP contribution < -0.4 is 15.8 Å². The van der Waals surface area contributed by atoms with Crippen molar-refractivity contribution >= 4 is 21.4 Å². The second-order valence-corrected chi connectivity index (χ2v) is 6.99. The Kier molecular flexibility index (Phi) is 3.73. The number of nitrogen functional groups attached to an aromatic ring is 1. The van der Waals surface area contributed by atoms with E-state index in [4.69, 9.17) is 10.9 Å². The molecule has 0 radical (unpaired) electrons. The molecule has 0 bridgehead atoms. The van der Waals surface area contributed by atoms with Gasteiger partial charge in [0.1, 0.15) is 4.90 Å². The highest BCUT2D eigenvalue weighted by molar-refractivity contribution is 7.89.